The Morgan fingerprint density at radius 3 is 3.15 bits per heavy atom. The zero-order chi connectivity index (χ0) is 14.1. The summed E-state index contributed by atoms with van der Waals surface area (Å²) in [6, 6.07) is 7.77. The Morgan fingerprint density at radius 2 is 2.35 bits per heavy atom. The Balaban J connectivity index is 1.77. The second-order valence-corrected chi connectivity index (χ2v) is 6.30. The molecule has 1 aromatic heterocycles. The number of carbonyl (C=O) groups excluding carboxylic acids is 1. The lowest BCUT2D eigenvalue weighted by atomic mass is 9.99. The number of hydrogen-bond acceptors (Lipinski definition) is 4. The molecule has 0 fully saturated rings. The number of amides is 1. The molecule has 1 atom stereocenters. The molecule has 2 aromatic rings. The zero-order valence-electron chi connectivity index (χ0n) is 11.3. The van der Waals surface area contributed by atoms with E-state index in [0.717, 1.165) is 30.5 Å². The van der Waals surface area contributed by atoms with Gasteiger partial charge in [-0.05, 0) is 38.3 Å². The molecule has 104 valence electrons. The van der Waals surface area contributed by atoms with Gasteiger partial charge in [0.25, 0.3) is 5.91 Å². The molecule has 0 aliphatic heterocycles. The number of thiazole rings is 1. The molecular formula is C15H17N3OS. The number of fused-ring (bicyclic) bond motifs is 1. The van der Waals surface area contributed by atoms with Crippen LogP contribution in [0.5, 0.6) is 0 Å². The van der Waals surface area contributed by atoms with Crippen molar-refractivity contribution in [3.8, 4) is 0 Å². The van der Waals surface area contributed by atoms with Crippen molar-refractivity contribution in [2.75, 3.05) is 5.32 Å². The molecule has 1 heterocycles. The predicted molar refractivity (Wildman–Crippen MR) is 81.2 cm³/mol. The molecule has 1 aromatic carbocycles. The van der Waals surface area contributed by atoms with Crippen molar-refractivity contribution in [3.05, 3.63) is 46.0 Å². The average molecular weight is 287 g/mol. The molecular weight excluding hydrogens is 270 g/mol. The SMILES string of the molecule is Cc1cccc(C(=O)Nc2nc3c(s2)CC(N)CC3)c1. The number of nitrogens with zero attached hydrogens (tertiary/aromatic N) is 1. The van der Waals surface area contributed by atoms with Gasteiger partial charge in [0.1, 0.15) is 0 Å². The lowest BCUT2D eigenvalue weighted by Gasteiger charge is -2.15. The Bertz CT molecular complexity index is 650. The zero-order valence-corrected chi connectivity index (χ0v) is 12.2. The summed E-state index contributed by atoms with van der Waals surface area (Å²) in [5, 5.41) is 3.56. The van der Waals surface area contributed by atoms with Gasteiger partial charge in [0.2, 0.25) is 0 Å². The van der Waals surface area contributed by atoms with Crippen molar-refractivity contribution >= 4 is 22.4 Å². The van der Waals surface area contributed by atoms with Gasteiger partial charge in [-0.1, -0.05) is 17.7 Å². The van der Waals surface area contributed by atoms with Gasteiger partial charge in [-0.2, -0.15) is 0 Å². The van der Waals surface area contributed by atoms with Crippen LogP contribution in [0.1, 0.15) is 32.9 Å². The Kier molecular flexibility index (Phi) is 3.54. The molecule has 20 heavy (non-hydrogen) atoms. The smallest absolute Gasteiger partial charge is 0.257 e. The second-order valence-electron chi connectivity index (χ2n) is 5.22. The summed E-state index contributed by atoms with van der Waals surface area (Å²) in [4.78, 5) is 17.9. The number of hydrogen-bond donors (Lipinski definition) is 2. The molecule has 0 radical (unpaired) electrons. The van der Waals surface area contributed by atoms with Gasteiger partial charge in [-0.15, -0.1) is 11.3 Å². The van der Waals surface area contributed by atoms with Crippen LogP contribution in [0.3, 0.4) is 0 Å². The van der Waals surface area contributed by atoms with Gasteiger partial charge in [-0.25, -0.2) is 4.98 Å². The highest BCUT2D eigenvalue weighted by atomic mass is 32.1. The number of nitrogens with one attached hydrogen (secondary N) is 1. The van der Waals surface area contributed by atoms with E-state index >= 15 is 0 Å². The summed E-state index contributed by atoms with van der Waals surface area (Å²) in [5.74, 6) is -0.107. The lowest BCUT2D eigenvalue weighted by molar-refractivity contribution is 0.102. The molecule has 3 N–H and O–H groups in total. The van der Waals surface area contributed by atoms with Crippen LogP contribution >= 0.6 is 11.3 Å². The highest BCUT2D eigenvalue weighted by molar-refractivity contribution is 7.15. The number of carbonyl (C=O) groups is 1. The molecule has 0 bridgehead atoms. The summed E-state index contributed by atoms with van der Waals surface area (Å²) in [7, 11) is 0. The normalized spacial score (nSPS) is 17.6. The van der Waals surface area contributed by atoms with Crippen molar-refractivity contribution in [1.82, 2.24) is 4.98 Å². The summed E-state index contributed by atoms with van der Waals surface area (Å²) < 4.78 is 0. The lowest BCUT2D eigenvalue weighted by Crippen LogP contribution is -2.27. The number of aromatic nitrogens is 1. The molecule has 1 unspecified atom stereocenters. The fourth-order valence-electron chi connectivity index (χ4n) is 2.41. The number of rotatable bonds is 2. The van der Waals surface area contributed by atoms with E-state index in [4.69, 9.17) is 5.73 Å². The molecule has 1 aliphatic carbocycles. The van der Waals surface area contributed by atoms with Crippen LogP contribution in [0, 0.1) is 6.92 Å². The van der Waals surface area contributed by atoms with Crippen LogP contribution in [0.2, 0.25) is 0 Å². The van der Waals surface area contributed by atoms with Crippen LogP contribution in [0.25, 0.3) is 0 Å². The van der Waals surface area contributed by atoms with Crippen molar-refractivity contribution in [1.29, 1.82) is 0 Å². The maximum absolute atomic E-state index is 12.2. The predicted octanol–water partition coefficient (Wildman–Crippen LogP) is 2.52. The molecule has 3 rings (SSSR count). The van der Waals surface area contributed by atoms with Crippen LogP contribution in [0.4, 0.5) is 5.13 Å². The topological polar surface area (TPSA) is 68.0 Å². The molecule has 0 saturated carbocycles. The van der Waals surface area contributed by atoms with Crippen LogP contribution in [-0.4, -0.2) is 16.9 Å². The molecule has 0 saturated heterocycles. The summed E-state index contributed by atoms with van der Waals surface area (Å²) in [6.07, 6.45) is 2.75. The fraction of sp³-hybridized carbons (Fsp3) is 0.333. The largest absolute Gasteiger partial charge is 0.327 e. The van der Waals surface area contributed by atoms with Gasteiger partial charge in [0.15, 0.2) is 5.13 Å². The van der Waals surface area contributed by atoms with E-state index < -0.39 is 0 Å². The van der Waals surface area contributed by atoms with Crippen LogP contribution < -0.4 is 11.1 Å². The highest BCUT2D eigenvalue weighted by Crippen LogP contribution is 2.29. The molecule has 1 aliphatic rings. The quantitative estimate of drug-likeness (QED) is 0.892. The van der Waals surface area contributed by atoms with Gasteiger partial charge >= 0.3 is 0 Å². The van der Waals surface area contributed by atoms with E-state index in [2.05, 4.69) is 10.3 Å². The van der Waals surface area contributed by atoms with E-state index in [0.29, 0.717) is 10.7 Å². The Labute approximate surface area is 122 Å². The number of benzene rings is 1. The third-order valence-electron chi connectivity index (χ3n) is 3.48. The molecule has 1 amide bonds. The Morgan fingerprint density at radius 1 is 1.50 bits per heavy atom. The maximum Gasteiger partial charge on any atom is 0.257 e. The third-order valence-corrected chi connectivity index (χ3v) is 4.51. The van der Waals surface area contributed by atoms with Crippen molar-refractivity contribution < 1.29 is 4.79 Å². The van der Waals surface area contributed by atoms with Gasteiger partial charge in [-0.3, -0.25) is 10.1 Å². The first kappa shape index (κ1) is 13.3. The molecule has 0 spiro atoms. The van der Waals surface area contributed by atoms with Gasteiger partial charge < -0.3 is 5.73 Å². The maximum atomic E-state index is 12.2. The summed E-state index contributed by atoms with van der Waals surface area (Å²) in [5.41, 5.74) is 8.79. The van der Waals surface area contributed by atoms with Crippen molar-refractivity contribution in [2.24, 2.45) is 5.73 Å². The highest BCUT2D eigenvalue weighted by Gasteiger charge is 2.20. The standard InChI is InChI=1S/C15H17N3OS/c1-9-3-2-4-10(7-9)14(19)18-15-17-12-6-5-11(16)8-13(12)20-15/h2-4,7,11H,5-6,8,16H2,1H3,(H,17,18,19). The van der Waals surface area contributed by atoms with E-state index in [1.807, 2.05) is 31.2 Å². The molecule has 5 heteroatoms. The van der Waals surface area contributed by atoms with Gasteiger partial charge in [0.05, 0.1) is 5.69 Å². The fourth-order valence-corrected chi connectivity index (χ4v) is 3.51. The van der Waals surface area contributed by atoms with Crippen LogP contribution in [0.15, 0.2) is 24.3 Å². The Hall–Kier alpha value is -1.72. The minimum absolute atomic E-state index is 0.107. The number of aryl methyl sites for hydroxylation is 2. The first-order valence-corrected chi connectivity index (χ1v) is 7.55. The number of nitrogens with two attached hydrogens (primary N) is 1. The van der Waals surface area contributed by atoms with Gasteiger partial charge in [0, 0.05) is 16.5 Å². The third kappa shape index (κ3) is 2.73. The first-order valence-electron chi connectivity index (χ1n) is 6.74. The van der Waals surface area contributed by atoms with E-state index in [-0.39, 0.29) is 11.9 Å². The van der Waals surface area contributed by atoms with Crippen molar-refractivity contribution in [2.45, 2.75) is 32.2 Å². The number of anilines is 1. The molecule has 4 nitrogen and oxygen atoms in total. The van der Waals surface area contributed by atoms with E-state index in [1.165, 1.54) is 4.88 Å². The minimum Gasteiger partial charge on any atom is -0.327 e. The van der Waals surface area contributed by atoms with E-state index in [1.54, 1.807) is 11.3 Å². The average Bonchev–Trinajstić information content (AvgIpc) is 2.80. The summed E-state index contributed by atoms with van der Waals surface area (Å²) >= 11 is 1.54. The van der Waals surface area contributed by atoms with E-state index in [9.17, 15) is 4.79 Å². The minimum atomic E-state index is -0.107. The monoisotopic (exact) mass is 287 g/mol. The van der Waals surface area contributed by atoms with Crippen molar-refractivity contribution in [3.63, 3.8) is 0 Å². The summed E-state index contributed by atoms with van der Waals surface area (Å²) in [6.45, 7) is 1.97. The van der Waals surface area contributed by atoms with Crippen LogP contribution in [-0.2, 0) is 12.8 Å². The second kappa shape index (κ2) is 5.34. The first-order chi connectivity index (χ1) is 9.61.